The summed E-state index contributed by atoms with van der Waals surface area (Å²) in [4.78, 5) is 10.7. The molecule has 0 aliphatic carbocycles. The highest BCUT2D eigenvalue weighted by atomic mass is 16.5. The predicted octanol–water partition coefficient (Wildman–Crippen LogP) is 0.174. The van der Waals surface area contributed by atoms with Gasteiger partial charge in [0.05, 0.1) is 20.3 Å². The van der Waals surface area contributed by atoms with Crippen LogP contribution >= 0.6 is 0 Å². The van der Waals surface area contributed by atoms with Crippen LogP contribution in [0.15, 0.2) is 0 Å². The normalized spacial score (nSPS) is 12.6. The van der Waals surface area contributed by atoms with Gasteiger partial charge in [-0.2, -0.15) is 0 Å². The molecule has 0 fully saturated rings. The third kappa shape index (κ3) is 5.09. The van der Waals surface area contributed by atoms with Gasteiger partial charge in [-0.15, -0.1) is 0 Å². The van der Waals surface area contributed by atoms with E-state index in [2.05, 4.69) is 10.1 Å². The lowest BCUT2D eigenvalue weighted by atomic mass is 10.2. The molecule has 1 atom stereocenters. The van der Waals surface area contributed by atoms with Gasteiger partial charge in [-0.3, -0.25) is 4.79 Å². The SMILES string of the molecule is CCC(COC)NCC(=O)OC. The molecule has 1 N–H and O–H groups in total. The van der Waals surface area contributed by atoms with E-state index in [4.69, 9.17) is 4.74 Å². The molecule has 0 saturated heterocycles. The van der Waals surface area contributed by atoms with Gasteiger partial charge in [0.15, 0.2) is 0 Å². The Morgan fingerprint density at radius 3 is 2.58 bits per heavy atom. The topological polar surface area (TPSA) is 47.6 Å². The number of nitrogens with one attached hydrogen (secondary N) is 1. The van der Waals surface area contributed by atoms with Crippen molar-refractivity contribution < 1.29 is 14.3 Å². The van der Waals surface area contributed by atoms with E-state index in [0.717, 1.165) is 6.42 Å². The largest absolute Gasteiger partial charge is 0.468 e. The second kappa shape index (κ2) is 7.06. The van der Waals surface area contributed by atoms with Crippen molar-refractivity contribution in [3.05, 3.63) is 0 Å². The third-order valence-electron chi connectivity index (χ3n) is 1.62. The van der Waals surface area contributed by atoms with Gasteiger partial charge in [0.1, 0.15) is 0 Å². The molecule has 0 radical (unpaired) electrons. The van der Waals surface area contributed by atoms with Crippen LogP contribution in [0.1, 0.15) is 13.3 Å². The minimum Gasteiger partial charge on any atom is -0.468 e. The lowest BCUT2D eigenvalue weighted by Gasteiger charge is -2.14. The van der Waals surface area contributed by atoms with E-state index < -0.39 is 0 Å². The molecule has 72 valence electrons. The van der Waals surface area contributed by atoms with E-state index in [1.165, 1.54) is 7.11 Å². The van der Waals surface area contributed by atoms with Gasteiger partial charge in [-0.25, -0.2) is 0 Å². The van der Waals surface area contributed by atoms with E-state index in [9.17, 15) is 4.79 Å². The molecule has 4 nitrogen and oxygen atoms in total. The Hall–Kier alpha value is -0.610. The van der Waals surface area contributed by atoms with Crippen LogP contribution < -0.4 is 5.32 Å². The molecule has 0 spiro atoms. The Balaban J connectivity index is 3.50. The Kier molecular flexibility index (Phi) is 6.70. The van der Waals surface area contributed by atoms with Gasteiger partial charge in [0.25, 0.3) is 0 Å². The van der Waals surface area contributed by atoms with Crippen LogP contribution in [0.25, 0.3) is 0 Å². The summed E-state index contributed by atoms with van der Waals surface area (Å²) in [5.41, 5.74) is 0. The Morgan fingerprint density at radius 2 is 2.17 bits per heavy atom. The first-order valence-electron chi connectivity index (χ1n) is 4.03. The second-order valence-electron chi connectivity index (χ2n) is 2.52. The van der Waals surface area contributed by atoms with Crippen LogP contribution in [-0.4, -0.2) is 39.4 Å². The van der Waals surface area contributed by atoms with Crippen molar-refractivity contribution in [3.63, 3.8) is 0 Å². The van der Waals surface area contributed by atoms with Crippen molar-refractivity contribution in [1.82, 2.24) is 5.32 Å². The zero-order valence-corrected chi connectivity index (χ0v) is 7.92. The Labute approximate surface area is 73.2 Å². The van der Waals surface area contributed by atoms with Crippen LogP contribution in [0.4, 0.5) is 0 Å². The summed E-state index contributed by atoms with van der Waals surface area (Å²) in [7, 11) is 3.02. The lowest BCUT2D eigenvalue weighted by Crippen LogP contribution is -2.36. The van der Waals surface area contributed by atoms with Crippen molar-refractivity contribution in [3.8, 4) is 0 Å². The van der Waals surface area contributed by atoms with E-state index in [0.29, 0.717) is 6.61 Å². The van der Waals surface area contributed by atoms with Gasteiger partial charge in [-0.1, -0.05) is 6.92 Å². The van der Waals surface area contributed by atoms with E-state index in [-0.39, 0.29) is 18.6 Å². The molecule has 0 aromatic carbocycles. The molecule has 1 unspecified atom stereocenters. The number of ether oxygens (including phenoxy) is 2. The maximum absolute atomic E-state index is 10.7. The maximum Gasteiger partial charge on any atom is 0.319 e. The van der Waals surface area contributed by atoms with Crippen LogP contribution in [0, 0.1) is 0 Å². The molecule has 12 heavy (non-hydrogen) atoms. The molecule has 0 rings (SSSR count). The van der Waals surface area contributed by atoms with Gasteiger partial charge in [0, 0.05) is 13.2 Å². The van der Waals surface area contributed by atoms with Gasteiger partial charge in [0.2, 0.25) is 0 Å². The van der Waals surface area contributed by atoms with Crippen molar-refractivity contribution in [2.75, 3.05) is 27.4 Å². The predicted molar refractivity (Wildman–Crippen MR) is 46.0 cm³/mol. The fourth-order valence-electron chi connectivity index (χ4n) is 0.822. The summed E-state index contributed by atoms with van der Waals surface area (Å²) in [6.45, 7) is 2.90. The number of hydrogen-bond acceptors (Lipinski definition) is 4. The van der Waals surface area contributed by atoms with Crippen LogP contribution in [-0.2, 0) is 14.3 Å². The number of methoxy groups -OCH3 is 2. The highest BCUT2D eigenvalue weighted by molar-refractivity contribution is 5.71. The molecule has 0 aromatic rings. The molecule has 4 heteroatoms. The highest BCUT2D eigenvalue weighted by Gasteiger charge is 2.07. The molecule has 0 saturated carbocycles. The van der Waals surface area contributed by atoms with Crippen LogP contribution in [0.5, 0.6) is 0 Å². The Morgan fingerprint density at radius 1 is 1.50 bits per heavy atom. The average molecular weight is 175 g/mol. The van der Waals surface area contributed by atoms with E-state index in [1.807, 2.05) is 6.92 Å². The molecular formula is C8H17NO3. The van der Waals surface area contributed by atoms with E-state index in [1.54, 1.807) is 7.11 Å². The van der Waals surface area contributed by atoms with Crippen molar-refractivity contribution in [2.45, 2.75) is 19.4 Å². The average Bonchev–Trinajstić information content (AvgIpc) is 2.11. The minimum atomic E-state index is -0.246. The van der Waals surface area contributed by atoms with E-state index >= 15 is 0 Å². The summed E-state index contributed by atoms with van der Waals surface area (Å²) in [6.07, 6.45) is 0.935. The van der Waals surface area contributed by atoms with Gasteiger partial charge >= 0.3 is 5.97 Å². The monoisotopic (exact) mass is 175 g/mol. The molecule has 0 bridgehead atoms. The summed E-state index contributed by atoms with van der Waals surface area (Å²) >= 11 is 0. The fourth-order valence-corrected chi connectivity index (χ4v) is 0.822. The summed E-state index contributed by atoms with van der Waals surface area (Å²) in [5, 5.41) is 3.02. The number of esters is 1. The molecule has 0 heterocycles. The molecule has 0 aromatic heterocycles. The molecule has 0 aliphatic heterocycles. The second-order valence-corrected chi connectivity index (χ2v) is 2.52. The zero-order valence-electron chi connectivity index (χ0n) is 7.92. The molecular weight excluding hydrogens is 158 g/mol. The first-order chi connectivity index (χ1) is 5.74. The smallest absolute Gasteiger partial charge is 0.319 e. The summed E-state index contributed by atoms with van der Waals surface area (Å²) in [6, 6.07) is 0.231. The number of carbonyl (C=O) groups is 1. The third-order valence-corrected chi connectivity index (χ3v) is 1.62. The zero-order chi connectivity index (χ0) is 9.40. The van der Waals surface area contributed by atoms with Crippen molar-refractivity contribution in [1.29, 1.82) is 0 Å². The molecule has 0 aliphatic rings. The maximum atomic E-state index is 10.7. The molecule has 0 amide bonds. The standard InChI is InChI=1S/C8H17NO3/c1-4-7(6-11-2)9-5-8(10)12-3/h7,9H,4-6H2,1-3H3. The van der Waals surface area contributed by atoms with Crippen molar-refractivity contribution >= 4 is 5.97 Å². The summed E-state index contributed by atoms with van der Waals surface area (Å²) < 4.78 is 9.43. The lowest BCUT2D eigenvalue weighted by molar-refractivity contribution is -0.139. The number of rotatable bonds is 6. The first kappa shape index (κ1) is 11.4. The van der Waals surface area contributed by atoms with Gasteiger partial charge in [-0.05, 0) is 6.42 Å². The first-order valence-corrected chi connectivity index (χ1v) is 4.03. The van der Waals surface area contributed by atoms with Crippen LogP contribution in [0.3, 0.4) is 0 Å². The Bertz CT molecular complexity index is 127. The minimum absolute atomic E-state index is 0.231. The quantitative estimate of drug-likeness (QED) is 0.585. The number of hydrogen-bond donors (Lipinski definition) is 1. The van der Waals surface area contributed by atoms with Gasteiger partial charge < -0.3 is 14.8 Å². The summed E-state index contributed by atoms with van der Waals surface area (Å²) in [5.74, 6) is -0.246. The highest BCUT2D eigenvalue weighted by Crippen LogP contribution is 1.90. The fraction of sp³-hybridized carbons (Fsp3) is 0.875. The van der Waals surface area contributed by atoms with Crippen LogP contribution in [0.2, 0.25) is 0 Å². The number of carbonyl (C=O) groups excluding carboxylic acids is 1. The van der Waals surface area contributed by atoms with Crippen molar-refractivity contribution in [2.24, 2.45) is 0 Å².